The van der Waals surface area contributed by atoms with Crippen LogP contribution < -0.4 is 10.1 Å². The molecule has 19 heavy (non-hydrogen) atoms. The Hall–Kier alpha value is -1.02. The first-order valence-corrected chi connectivity index (χ1v) is 7.55. The van der Waals surface area contributed by atoms with Crippen LogP contribution in [0.25, 0.3) is 0 Å². The molecule has 2 heteroatoms. The Morgan fingerprint density at radius 3 is 2.37 bits per heavy atom. The van der Waals surface area contributed by atoms with E-state index in [-0.39, 0.29) is 0 Å². The Labute approximate surface area is 117 Å². The molecule has 0 aromatic heterocycles. The fraction of sp³-hybridized carbons (Fsp3) is 0.647. The minimum absolute atomic E-state index is 0.528. The molecule has 1 N–H and O–H groups in total. The second-order valence-electron chi connectivity index (χ2n) is 5.94. The van der Waals surface area contributed by atoms with Gasteiger partial charge in [-0.25, -0.2) is 0 Å². The van der Waals surface area contributed by atoms with E-state index in [9.17, 15) is 0 Å². The van der Waals surface area contributed by atoms with E-state index < -0.39 is 0 Å². The summed E-state index contributed by atoms with van der Waals surface area (Å²) in [5.74, 6) is 1.91. The van der Waals surface area contributed by atoms with Crippen LogP contribution in [0.15, 0.2) is 12.1 Å². The lowest BCUT2D eigenvalue weighted by Gasteiger charge is -2.20. The van der Waals surface area contributed by atoms with E-state index >= 15 is 0 Å². The van der Waals surface area contributed by atoms with Crippen molar-refractivity contribution in [1.29, 1.82) is 0 Å². The molecule has 1 aromatic rings. The molecule has 1 atom stereocenters. The smallest absolute Gasteiger partial charge is 0.125 e. The van der Waals surface area contributed by atoms with Crippen LogP contribution in [-0.4, -0.2) is 19.2 Å². The molecule has 0 spiro atoms. The summed E-state index contributed by atoms with van der Waals surface area (Å²) in [4.78, 5) is 0. The first-order chi connectivity index (χ1) is 9.11. The quantitative estimate of drug-likeness (QED) is 0.806. The molecule has 0 saturated heterocycles. The lowest BCUT2D eigenvalue weighted by atomic mass is 10.1. The predicted octanol–water partition coefficient (Wildman–Crippen LogP) is 3.77. The van der Waals surface area contributed by atoms with Gasteiger partial charge in [-0.05, 0) is 63.6 Å². The van der Waals surface area contributed by atoms with E-state index in [4.69, 9.17) is 4.74 Å². The van der Waals surface area contributed by atoms with Crippen LogP contribution >= 0.6 is 0 Å². The van der Waals surface area contributed by atoms with E-state index in [0.29, 0.717) is 6.04 Å². The summed E-state index contributed by atoms with van der Waals surface area (Å²) < 4.78 is 6.12. The second-order valence-corrected chi connectivity index (χ2v) is 5.94. The van der Waals surface area contributed by atoms with Crippen LogP contribution in [0.5, 0.6) is 5.75 Å². The van der Waals surface area contributed by atoms with Crippen molar-refractivity contribution in [2.45, 2.75) is 53.0 Å². The van der Waals surface area contributed by atoms with E-state index in [2.05, 4.69) is 45.1 Å². The van der Waals surface area contributed by atoms with Crippen molar-refractivity contribution in [3.8, 4) is 5.75 Å². The lowest BCUT2D eigenvalue weighted by Crippen LogP contribution is -2.37. The van der Waals surface area contributed by atoms with Gasteiger partial charge in [0.25, 0.3) is 0 Å². The molecule has 1 unspecified atom stereocenters. The average Bonchev–Trinajstić information content (AvgIpc) is 3.15. The molecule has 1 aliphatic carbocycles. The van der Waals surface area contributed by atoms with Crippen molar-refractivity contribution >= 4 is 0 Å². The first kappa shape index (κ1) is 14.4. The van der Waals surface area contributed by atoms with Crippen LogP contribution in [0, 0.1) is 26.7 Å². The second kappa shape index (κ2) is 6.42. The molecule has 2 rings (SSSR count). The topological polar surface area (TPSA) is 21.3 Å². The summed E-state index contributed by atoms with van der Waals surface area (Å²) in [6, 6.07) is 4.93. The van der Waals surface area contributed by atoms with Crippen LogP contribution in [0.3, 0.4) is 0 Å². The van der Waals surface area contributed by atoms with Gasteiger partial charge in [-0.2, -0.15) is 0 Å². The van der Waals surface area contributed by atoms with Crippen LogP contribution in [0.1, 0.15) is 42.9 Å². The molecule has 0 heterocycles. The highest BCUT2D eigenvalue weighted by atomic mass is 16.5. The Kier molecular flexibility index (Phi) is 4.87. The molecular weight excluding hydrogens is 234 g/mol. The molecule has 0 aliphatic heterocycles. The van der Waals surface area contributed by atoms with Crippen molar-refractivity contribution < 1.29 is 4.74 Å². The van der Waals surface area contributed by atoms with E-state index in [1.807, 2.05) is 0 Å². The zero-order valence-electron chi connectivity index (χ0n) is 12.8. The van der Waals surface area contributed by atoms with E-state index in [0.717, 1.165) is 24.8 Å². The summed E-state index contributed by atoms with van der Waals surface area (Å²) in [7, 11) is 0. The van der Waals surface area contributed by atoms with Crippen molar-refractivity contribution in [1.82, 2.24) is 5.32 Å². The van der Waals surface area contributed by atoms with Gasteiger partial charge in [0.1, 0.15) is 12.4 Å². The molecular formula is C17H27NO. The number of nitrogens with one attached hydrogen (secondary N) is 1. The van der Waals surface area contributed by atoms with Gasteiger partial charge in [0.05, 0.1) is 0 Å². The molecule has 2 nitrogen and oxygen atoms in total. The normalized spacial score (nSPS) is 16.4. The third-order valence-electron chi connectivity index (χ3n) is 3.86. The molecule has 1 saturated carbocycles. The highest BCUT2D eigenvalue weighted by Gasteiger charge is 2.31. The van der Waals surface area contributed by atoms with Crippen molar-refractivity contribution in [2.24, 2.45) is 5.92 Å². The van der Waals surface area contributed by atoms with Crippen molar-refractivity contribution in [2.75, 3.05) is 13.2 Å². The molecule has 106 valence electrons. The predicted molar refractivity (Wildman–Crippen MR) is 81.0 cm³/mol. The maximum atomic E-state index is 6.12. The van der Waals surface area contributed by atoms with Crippen molar-refractivity contribution in [3.05, 3.63) is 28.8 Å². The van der Waals surface area contributed by atoms with E-state index in [1.54, 1.807) is 0 Å². The maximum absolute atomic E-state index is 6.12. The van der Waals surface area contributed by atoms with Crippen LogP contribution in [-0.2, 0) is 0 Å². The molecule has 1 aromatic carbocycles. The Morgan fingerprint density at radius 1 is 1.21 bits per heavy atom. The summed E-state index contributed by atoms with van der Waals surface area (Å²) in [6.07, 6.45) is 3.90. The standard InChI is InChI=1S/C17H27NO/c1-5-8-18-16(15-6-7-15)11-19-17-13(3)9-12(2)10-14(17)4/h9-10,15-16,18H,5-8,11H2,1-4H3. The summed E-state index contributed by atoms with van der Waals surface area (Å²) in [5, 5.41) is 3.63. The largest absolute Gasteiger partial charge is 0.491 e. The number of ether oxygens (including phenoxy) is 1. The highest BCUT2D eigenvalue weighted by Crippen LogP contribution is 2.33. The number of aryl methyl sites for hydroxylation is 3. The number of hydrogen-bond acceptors (Lipinski definition) is 2. The fourth-order valence-corrected chi connectivity index (χ4v) is 2.76. The van der Waals surface area contributed by atoms with Gasteiger partial charge in [-0.1, -0.05) is 24.6 Å². The number of rotatable bonds is 7. The Bertz CT molecular complexity index is 400. The Morgan fingerprint density at radius 2 is 1.84 bits per heavy atom. The van der Waals surface area contributed by atoms with Crippen LogP contribution in [0.4, 0.5) is 0 Å². The van der Waals surface area contributed by atoms with Crippen molar-refractivity contribution in [3.63, 3.8) is 0 Å². The molecule has 0 amide bonds. The zero-order chi connectivity index (χ0) is 13.8. The molecule has 1 aliphatic rings. The number of benzene rings is 1. The fourth-order valence-electron chi connectivity index (χ4n) is 2.76. The van der Waals surface area contributed by atoms with Gasteiger partial charge in [-0.15, -0.1) is 0 Å². The minimum Gasteiger partial charge on any atom is -0.491 e. The highest BCUT2D eigenvalue weighted by molar-refractivity contribution is 5.42. The lowest BCUT2D eigenvalue weighted by molar-refractivity contribution is 0.246. The molecule has 0 radical (unpaired) electrons. The minimum atomic E-state index is 0.528. The maximum Gasteiger partial charge on any atom is 0.125 e. The summed E-state index contributed by atoms with van der Waals surface area (Å²) >= 11 is 0. The SMILES string of the molecule is CCCNC(COc1c(C)cc(C)cc1C)C1CC1. The third kappa shape index (κ3) is 3.97. The van der Waals surface area contributed by atoms with Gasteiger partial charge >= 0.3 is 0 Å². The van der Waals surface area contributed by atoms with Gasteiger partial charge in [0, 0.05) is 6.04 Å². The summed E-state index contributed by atoms with van der Waals surface area (Å²) in [5.41, 5.74) is 3.82. The molecule has 1 fully saturated rings. The van der Waals surface area contributed by atoms with Gasteiger partial charge < -0.3 is 10.1 Å². The number of hydrogen-bond donors (Lipinski definition) is 1. The molecule has 0 bridgehead atoms. The average molecular weight is 261 g/mol. The third-order valence-corrected chi connectivity index (χ3v) is 3.86. The zero-order valence-corrected chi connectivity index (χ0v) is 12.8. The van der Waals surface area contributed by atoms with Gasteiger partial charge in [0.2, 0.25) is 0 Å². The van der Waals surface area contributed by atoms with Crippen LogP contribution in [0.2, 0.25) is 0 Å². The summed E-state index contributed by atoms with van der Waals surface area (Å²) in [6.45, 7) is 10.5. The Balaban J connectivity index is 1.96. The first-order valence-electron chi connectivity index (χ1n) is 7.55. The van der Waals surface area contributed by atoms with E-state index in [1.165, 1.54) is 36.0 Å². The van der Waals surface area contributed by atoms with Gasteiger partial charge in [-0.3, -0.25) is 0 Å². The van der Waals surface area contributed by atoms with Gasteiger partial charge in [0.15, 0.2) is 0 Å². The monoisotopic (exact) mass is 261 g/mol.